The minimum atomic E-state index is -1.17. The molecule has 3 N–H and O–H groups in total. The number of rotatable bonds is 3. The second-order valence-electron chi connectivity index (χ2n) is 3.82. The van der Waals surface area contributed by atoms with Gasteiger partial charge < -0.3 is 15.6 Å². The number of carbonyl (C=O) groups excluding carboxylic acids is 1. The quantitative estimate of drug-likeness (QED) is 0.833. The van der Waals surface area contributed by atoms with Crippen LogP contribution >= 0.6 is 11.6 Å². The molecule has 1 aromatic heterocycles. The van der Waals surface area contributed by atoms with E-state index in [0.29, 0.717) is 5.69 Å². The number of nitrogen functional groups attached to an aromatic ring is 1. The van der Waals surface area contributed by atoms with Gasteiger partial charge in [-0.05, 0) is 18.2 Å². The van der Waals surface area contributed by atoms with Crippen molar-refractivity contribution in [2.45, 2.75) is 0 Å². The van der Waals surface area contributed by atoms with E-state index < -0.39 is 11.9 Å². The molecule has 0 radical (unpaired) electrons. The van der Waals surface area contributed by atoms with Gasteiger partial charge in [-0.2, -0.15) is 5.10 Å². The van der Waals surface area contributed by atoms with Crippen LogP contribution in [-0.4, -0.2) is 33.9 Å². The van der Waals surface area contributed by atoms with E-state index in [1.54, 1.807) is 6.07 Å². The summed E-state index contributed by atoms with van der Waals surface area (Å²) in [5.74, 6) is -1.74. The van der Waals surface area contributed by atoms with Gasteiger partial charge in [-0.25, -0.2) is 14.3 Å². The Hall–Kier alpha value is -2.54. The van der Waals surface area contributed by atoms with Gasteiger partial charge in [0.2, 0.25) is 0 Å². The summed E-state index contributed by atoms with van der Waals surface area (Å²) in [5.41, 5.74) is 6.18. The fourth-order valence-electron chi connectivity index (χ4n) is 1.64. The average Bonchev–Trinajstić information content (AvgIpc) is 2.80. The molecule has 0 spiro atoms. The molecule has 0 bridgehead atoms. The van der Waals surface area contributed by atoms with E-state index >= 15 is 0 Å². The van der Waals surface area contributed by atoms with Crippen molar-refractivity contribution >= 4 is 29.4 Å². The summed E-state index contributed by atoms with van der Waals surface area (Å²) in [6, 6.07) is 4.27. The largest absolute Gasteiger partial charge is 0.478 e. The van der Waals surface area contributed by atoms with Crippen molar-refractivity contribution in [1.29, 1.82) is 0 Å². The molecule has 0 unspecified atom stereocenters. The molecule has 1 aromatic carbocycles. The molecule has 0 saturated heterocycles. The number of methoxy groups -OCH3 is 1. The number of anilines is 1. The summed E-state index contributed by atoms with van der Waals surface area (Å²) in [7, 11) is 1.23. The number of nitrogens with zero attached hydrogens (tertiary/aromatic N) is 2. The monoisotopic (exact) mass is 295 g/mol. The lowest BCUT2D eigenvalue weighted by atomic mass is 10.2. The Morgan fingerprint density at radius 3 is 2.70 bits per heavy atom. The number of carboxylic acid groups (broad SMARTS) is 1. The zero-order valence-electron chi connectivity index (χ0n) is 10.3. The molecule has 0 fully saturated rings. The van der Waals surface area contributed by atoms with Crippen LogP contribution in [0.4, 0.5) is 5.82 Å². The van der Waals surface area contributed by atoms with Crippen LogP contribution in [0.5, 0.6) is 0 Å². The van der Waals surface area contributed by atoms with Crippen LogP contribution < -0.4 is 5.73 Å². The molecule has 1 heterocycles. The van der Waals surface area contributed by atoms with Crippen LogP contribution in [0.3, 0.4) is 0 Å². The number of nitrogens with two attached hydrogens (primary N) is 1. The fraction of sp³-hybridized carbons (Fsp3) is 0.0833. The van der Waals surface area contributed by atoms with E-state index in [1.165, 1.54) is 30.1 Å². The normalized spacial score (nSPS) is 10.3. The number of benzene rings is 1. The molecule has 0 aliphatic rings. The third-order valence-corrected chi connectivity index (χ3v) is 2.97. The number of carbonyl (C=O) groups is 2. The van der Waals surface area contributed by atoms with Crippen LogP contribution in [0.25, 0.3) is 5.69 Å². The van der Waals surface area contributed by atoms with Crippen LogP contribution in [0, 0.1) is 0 Å². The lowest BCUT2D eigenvalue weighted by Gasteiger charge is -2.07. The van der Waals surface area contributed by atoms with Gasteiger partial charge in [0.15, 0.2) is 0 Å². The molecule has 0 aliphatic carbocycles. The minimum Gasteiger partial charge on any atom is -0.478 e. The van der Waals surface area contributed by atoms with Crippen molar-refractivity contribution in [2.75, 3.05) is 12.8 Å². The predicted octanol–water partition coefficient (Wildman–Crippen LogP) is 1.59. The van der Waals surface area contributed by atoms with Gasteiger partial charge in [-0.3, -0.25) is 0 Å². The van der Waals surface area contributed by atoms with Gasteiger partial charge in [0, 0.05) is 0 Å². The topological polar surface area (TPSA) is 107 Å². The summed E-state index contributed by atoms with van der Waals surface area (Å²) in [5, 5.41) is 13.1. The molecule has 2 rings (SSSR count). The summed E-state index contributed by atoms with van der Waals surface area (Å²) in [4.78, 5) is 22.5. The highest BCUT2D eigenvalue weighted by molar-refractivity contribution is 6.33. The Morgan fingerprint density at radius 1 is 1.40 bits per heavy atom. The lowest BCUT2D eigenvalue weighted by Crippen LogP contribution is -2.08. The van der Waals surface area contributed by atoms with Crippen molar-refractivity contribution in [3.05, 3.63) is 40.5 Å². The first-order valence-electron chi connectivity index (χ1n) is 5.40. The van der Waals surface area contributed by atoms with E-state index in [9.17, 15) is 9.59 Å². The van der Waals surface area contributed by atoms with Crippen molar-refractivity contribution < 1.29 is 19.4 Å². The van der Waals surface area contributed by atoms with Crippen molar-refractivity contribution in [3.8, 4) is 5.69 Å². The maximum Gasteiger partial charge on any atom is 0.343 e. The molecule has 0 amide bonds. The zero-order chi connectivity index (χ0) is 14.9. The second kappa shape index (κ2) is 5.22. The van der Waals surface area contributed by atoms with Crippen molar-refractivity contribution in [1.82, 2.24) is 9.78 Å². The maximum absolute atomic E-state index is 11.4. The molecule has 8 heteroatoms. The number of aromatic carboxylic acids is 1. The highest BCUT2D eigenvalue weighted by Gasteiger charge is 2.18. The number of aromatic nitrogens is 2. The van der Waals surface area contributed by atoms with Crippen molar-refractivity contribution in [2.24, 2.45) is 0 Å². The lowest BCUT2D eigenvalue weighted by molar-refractivity contribution is 0.0601. The zero-order valence-corrected chi connectivity index (χ0v) is 11.1. The number of esters is 1. The van der Waals surface area contributed by atoms with Gasteiger partial charge in [0.05, 0.1) is 29.6 Å². The van der Waals surface area contributed by atoms with Gasteiger partial charge in [-0.15, -0.1) is 0 Å². The molecule has 20 heavy (non-hydrogen) atoms. The van der Waals surface area contributed by atoms with Crippen LogP contribution in [0.1, 0.15) is 20.7 Å². The smallest absolute Gasteiger partial charge is 0.343 e. The summed E-state index contributed by atoms with van der Waals surface area (Å²) >= 11 is 5.78. The number of hydrogen-bond donors (Lipinski definition) is 2. The van der Waals surface area contributed by atoms with Gasteiger partial charge in [0.1, 0.15) is 11.4 Å². The molecular weight excluding hydrogens is 286 g/mol. The third-order valence-electron chi connectivity index (χ3n) is 2.64. The Balaban J connectivity index is 2.53. The summed E-state index contributed by atoms with van der Waals surface area (Å²) < 4.78 is 5.79. The predicted molar refractivity (Wildman–Crippen MR) is 71.3 cm³/mol. The van der Waals surface area contributed by atoms with E-state index in [-0.39, 0.29) is 22.0 Å². The Morgan fingerprint density at radius 2 is 2.10 bits per heavy atom. The Bertz CT molecular complexity index is 696. The van der Waals surface area contributed by atoms with Crippen LogP contribution in [-0.2, 0) is 4.74 Å². The first-order valence-corrected chi connectivity index (χ1v) is 5.78. The van der Waals surface area contributed by atoms with E-state index in [2.05, 4.69) is 9.84 Å². The first-order chi connectivity index (χ1) is 9.45. The molecule has 0 atom stereocenters. The van der Waals surface area contributed by atoms with Crippen LogP contribution in [0.15, 0.2) is 24.4 Å². The van der Waals surface area contributed by atoms with Gasteiger partial charge in [0.25, 0.3) is 0 Å². The average molecular weight is 296 g/mol. The van der Waals surface area contributed by atoms with E-state index in [0.717, 1.165) is 0 Å². The third kappa shape index (κ3) is 2.30. The van der Waals surface area contributed by atoms with Gasteiger partial charge >= 0.3 is 11.9 Å². The standard InChI is InChI=1S/C12H10ClN3O4/c1-20-12(19)8-5-15-16(10(8)14)6-2-3-9(13)7(4-6)11(17)18/h2-5H,14H2,1H3,(H,17,18). The minimum absolute atomic E-state index is 0.0514. The summed E-state index contributed by atoms with van der Waals surface area (Å²) in [6.45, 7) is 0. The first kappa shape index (κ1) is 13.9. The Labute approximate surface area is 118 Å². The maximum atomic E-state index is 11.4. The molecular formula is C12H10ClN3O4. The number of hydrogen-bond acceptors (Lipinski definition) is 5. The molecule has 0 aliphatic heterocycles. The summed E-state index contributed by atoms with van der Waals surface area (Å²) in [6.07, 6.45) is 1.25. The fourth-order valence-corrected chi connectivity index (χ4v) is 1.84. The molecule has 0 saturated carbocycles. The number of ether oxygens (including phenoxy) is 1. The van der Waals surface area contributed by atoms with E-state index in [4.69, 9.17) is 22.4 Å². The molecule has 2 aromatic rings. The highest BCUT2D eigenvalue weighted by Crippen LogP contribution is 2.23. The SMILES string of the molecule is COC(=O)c1cnn(-c2ccc(Cl)c(C(=O)O)c2)c1N. The van der Waals surface area contributed by atoms with Gasteiger partial charge in [-0.1, -0.05) is 11.6 Å². The second-order valence-corrected chi connectivity index (χ2v) is 4.22. The Kier molecular flexibility index (Phi) is 3.62. The highest BCUT2D eigenvalue weighted by atomic mass is 35.5. The molecule has 7 nitrogen and oxygen atoms in total. The van der Waals surface area contributed by atoms with Crippen LogP contribution in [0.2, 0.25) is 5.02 Å². The molecule has 104 valence electrons. The van der Waals surface area contributed by atoms with Crippen molar-refractivity contribution in [3.63, 3.8) is 0 Å². The number of halogens is 1. The van der Waals surface area contributed by atoms with E-state index in [1.807, 2.05) is 0 Å². The number of carboxylic acids is 1.